The third-order valence-corrected chi connectivity index (χ3v) is 3.36. The molecule has 1 aromatic carbocycles. The summed E-state index contributed by atoms with van der Waals surface area (Å²) in [6.07, 6.45) is 0.932. The smallest absolute Gasteiger partial charge is 0.410 e. The zero-order chi connectivity index (χ0) is 15.2. The van der Waals surface area contributed by atoms with E-state index in [-0.39, 0.29) is 5.91 Å². The fourth-order valence-corrected chi connectivity index (χ4v) is 2.29. The first-order valence-electron chi connectivity index (χ1n) is 6.70. The molecule has 1 aliphatic heterocycles. The Kier molecular flexibility index (Phi) is 4.86. The highest BCUT2D eigenvalue weighted by Crippen LogP contribution is 2.19. The number of nitrogens with one attached hydrogen (secondary N) is 2. The van der Waals surface area contributed by atoms with Crippen molar-refractivity contribution in [2.75, 3.05) is 26.2 Å². The first-order valence-corrected chi connectivity index (χ1v) is 6.70. The van der Waals surface area contributed by atoms with Crippen LogP contribution < -0.4 is 15.6 Å². The summed E-state index contributed by atoms with van der Waals surface area (Å²) in [6, 6.07) is 6.67. The third kappa shape index (κ3) is 3.56. The number of likely N-dealkylation sites (tertiary alicyclic amines) is 1. The number of methoxy groups -OCH3 is 2. The molecular formula is C14H19N3O4. The Labute approximate surface area is 123 Å². The molecule has 0 saturated carbocycles. The number of hydrogen-bond acceptors (Lipinski definition) is 5. The minimum Gasteiger partial charge on any atom is -0.497 e. The summed E-state index contributed by atoms with van der Waals surface area (Å²) in [4.78, 5) is 25.2. The van der Waals surface area contributed by atoms with Gasteiger partial charge in [0.05, 0.1) is 19.9 Å². The van der Waals surface area contributed by atoms with Gasteiger partial charge >= 0.3 is 6.09 Å². The Hall–Kier alpha value is -2.44. The Balaban J connectivity index is 1.93. The van der Waals surface area contributed by atoms with Crippen molar-refractivity contribution in [1.29, 1.82) is 0 Å². The van der Waals surface area contributed by atoms with Crippen molar-refractivity contribution < 1.29 is 19.1 Å². The highest BCUT2D eigenvalue weighted by atomic mass is 16.5. The number of rotatable bonds is 4. The van der Waals surface area contributed by atoms with E-state index in [2.05, 4.69) is 15.6 Å². The van der Waals surface area contributed by atoms with Crippen LogP contribution in [0, 0.1) is 0 Å². The maximum Gasteiger partial charge on any atom is 0.410 e. The Bertz CT molecular complexity index is 521. The predicted octanol–water partition coefficient (Wildman–Crippen LogP) is 1.37. The van der Waals surface area contributed by atoms with E-state index in [0.717, 1.165) is 6.42 Å². The van der Waals surface area contributed by atoms with Gasteiger partial charge in [0.25, 0.3) is 5.91 Å². The number of nitrogens with zero attached hydrogens (tertiary/aromatic N) is 1. The van der Waals surface area contributed by atoms with Gasteiger partial charge in [-0.25, -0.2) is 4.79 Å². The molecule has 1 aromatic rings. The summed E-state index contributed by atoms with van der Waals surface area (Å²) in [6.45, 7) is 0.532. The summed E-state index contributed by atoms with van der Waals surface area (Å²) in [5.74, 6) is 0.423. The van der Waals surface area contributed by atoms with Gasteiger partial charge in [-0.05, 0) is 25.0 Å². The largest absolute Gasteiger partial charge is 0.497 e. The highest BCUT2D eigenvalue weighted by molar-refractivity contribution is 5.87. The lowest BCUT2D eigenvalue weighted by Gasteiger charge is -2.22. The molecule has 0 radical (unpaired) electrons. The molecule has 0 spiro atoms. The minimum atomic E-state index is -0.504. The highest BCUT2D eigenvalue weighted by Gasteiger charge is 2.34. The van der Waals surface area contributed by atoms with E-state index in [0.29, 0.717) is 24.4 Å². The quantitative estimate of drug-likeness (QED) is 0.820. The van der Waals surface area contributed by atoms with Crippen molar-refractivity contribution in [2.45, 2.75) is 18.9 Å². The standard InChI is InChI=1S/C14H19N3O4/c1-20-11-6-3-5-10(9-11)15-16-13(18)12-7-4-8-17(12)14(19)21-2/h3,5-6,9,12,15H,4,7-8H2,1-2H3,(H,16,18). The average molecular weight is 293 g/mol. The maximum atomic E-state index is 12.1. The molecule has 21 heavy (non-hydrogen) atoms. The van der Waals surface area contributed by atoms with Crippen LogP contribution in [0.2, 0.25) is 0 Å². The molecule has 7 nitrogen and oxygen atoms in total. The molecule has 0 bridgehead atoms. The lowest BCUT2D eigenvalue weighted by atomic mass is 10.2. The molecule has 1 aliphatic rings. The normalized spacial score (nSPS) is 17.2. The monoisotopic (exact) mass is 293 g/mol. The maximum absolute atomic E-state index is 12.1. The van der Waals surface area contributed by atoms with E-state index in [4.69, 9.17) is 4.74 Å². The van der Waals surface area contributed by atoms with Crippen molar-refractivity contribution in [3.63, 3.8) is 0 Å². The molecule has 1 saturated heterocycles. The number of anilines is 1. The average Bonchev–Trinajstić information content (AvgIpc) is 3.01. The third-order valence-electron chi connectivity index (χ3n) is 3.36. The molecule has 2 rings (SSSR count). The van der Waals surface area contributed by atoms with Gasteiger partial charge < -0.3 is 9.47 Å². The number of amides is 2. The van der Waals surface area contributed by atoms with Gasteiger partial charge in [0, 0.05) is 12.6 Å². The van der Waals surface area contributed by atoms with Crippen LogP contribution >= 0.6 is 0 Å². The molecule has 7 heteroatoms. The molecule has 2 amide bonds. The zero-order valence-corrected chi connectivity index (χ0v) is 12.1. The molecule has 0 aromatic heterocycles. The number of carbonyl (C=O) groups is 2. The Morgan fingerprint density at radius 3 is 2.86 bits per heavy atom. The predicted molar refractivity (Wildman–Crippen MR) is 76.9 cm³/mol. The summed E-state index contributed by atoms with van der Waals surface area (Å²) in [7, 11) is 2.88. The van der Waals surface area contributed by atoms with Crippen molar-refractivity contribution in [2.24, 2.45) is 0 Å². The van der Waals surface area contributed by atoms with Crippen LogP contribution in [0.5, 0.6) is 5.75 Å². The van der Waals surface area contributed by atoms with Crippen LogP contribution in [0.4, 0.5) is 10.5 Å². The van der Waals surface area contributed by atoms with Crippen LogP contribution in [0.15, 0.2) is 24.3 Å². The molecule has 2 N–H and O–H groups in total. The summed E-state index contributed by atoms with van der Waals surface area (Å²) in [5, 5.41) is 0. The number of benzene rings is 1. The fourth-order valence-electron chi connectivity index (χ4n) is 2.29. The van der Waals surface area contributed by atoms with E-state index < -0.39 is 12.1 Å². The Morgan fingerprint density at radius 1 is 1.33 bits per heavy atom. The van der Waals surface area contributed by atoms with Gasteiger partial charge in [0.15, 0.2) is 0 Å². The summed E-state index contributed by atoms with van der Waals surface area (Å²) < 4.78 is 9.78. The number of hydrazine groups is 1. The topological polar surface area (TPSA) is 79.9 Å². The van der Waals surface area contributed by atoms with Gasteiger partial charge in [-0.1, -0.05) is 6.07 Å². The molecule has 114 valence electrons. The zero-order valence-electron chi connectivity index (χ0n) is 12.1. The van der Waals surface area contributed by atoms with Crippen molar-refractivity contribution in [1.82, 2.24) is 10.3 Å². The molecule has 1 fully saturated rings. The Morgan fingerprint density at radius 2 is 2.14 bits per heavy atom. The lowest BCUT2D eigenvalue weighted by molar-refractivity contribution is -0.124. The molecular weight excluding hydrogens is 274 g/mol. The molecule has 1 atom stereocenters. The van der Waals surface area contributed by atoms with E-state index >= 15 is 0 Å². The molecule has 1 heterocycles. The van der Waals surface area contributed by atoms with E-state index in [1.807, 2.05) is 12.1 Å². The second-order valence-electron chi connectivity index (χ2n) is 4.67. The first kappa shape index (κ1) is 15.0. The van der Waals surface area contributed by atoms with Crippen molar-refractivity contribution >= 4 is 17.7 Å². The van der Waals surface area contributed by atoms with Gasteiger partial charge in [-0.15, -0.1) is 0 Å². The fraction of sp³-hybridized carbons (Fsp3) is 0.429. The summed E-state index contributed by atoms with van der Waals surface area (Å²) >= 11 is 0. The van der Waals surface area contributed by atoms with Gasteiger partial charge in [-0.3, -0.25) is 20.5 Å². The molecule has 1 unspecified atom stereocenters. The van der Waals surface area contributed by atoms with E-state index in [9.17, 15) is 9.59 Å². The minimum absolute atomic E-state index is 0.263. The van der Waals surface area contributed by atoms with Crippen LogP contribution in [0.25, 0.3) is 0 Å². The van der Waals surface area contributed by atoms with Crippen molar-refractivity contribution in [3.05, 3.63) is 24.3 Å². The SMILES string of the molecule is COC(=O)N1CCCC1C(=O)NNc1cccc(OC)c1. The number of ether oxygens (including phenoxy) is 2. The van der Waals surface area contributed by atoms with Crippen LogP contribution in [0.1, 0.15) is 12.8 Å². The van der Waals surface area contributed by atoms with E-state index in [1.54, 1.807) is 19.2 Å². The molecule has 0 aliphatic carbocycles. The summed E-state index contributed by atoms with van der Waals surface area (Å²) in [5.41, 5.74) is 6.12. The second-order valence-corrected chi connectivity index (χ2v) is 4.67. The van der Waals surface area contributed by atoms with Crippen LogP contribution in [-0.2, 0) is 9.53 Å². The van der Waals surface area contributed by atoms with Gasteiger partial charge in [0.1, 0.15) is 11.8 Å². The van der Waals surface area contributed by atoms with E-state index in [1.165, 1.54) is 12.0 Å². The number of carbonyl (C=O) groups excluding carboxylic acids is 2. The van der Waals surface area contributed by atoms with Gasteiger partial charge in [-0.2, -0.15) is 0 Å². The lowest BCUT2D eigenvalue weighted by Crippen LogP contribution is -2.47. The van der Waals surface area contributed by atoms with Crippen LogP contribution in [-0.4, -0.2) is 43.7 Å². The van der Waals surface area contributed by atoms with Crippen molar-refractivity contribution in [3.8, 4) is 5.75 Å². The second kappa shape index (κ2) is 6.83. The first-order chi connectivity index (χ1) is 10.2. The van der Waals surface area contributed by atoms with Gasteiger partial charge in [0.2, 0.25) is 0 Å². The van der Waals surface area contributed by atoms with Crippen LogP contribution in [0.3, 0.4) is 0 Å². The number of hydrogen-bond donors (Lipinski definition) is 2.